The highest BCUT2D eigenvalue weighted by molar-refractivity contribution is 7.15. The minimum Gasteiger partial charge on any atom is -0.497 e. The average Bonchev–Trinajstić information content (AvgIpc) is 3.15. The van der Waals surface area contributed by atoms with Crippen LogP contribution in [0.4, 0.5) is 0 Å². The van der Waals surface area contributed by atoms with E-state index < -0.39 is 0 Å². The Balaban J connectivity index is 2.01. The molecular weight excluding hydrogens is 414 g/mol. The number of hydrogen-bond donors (Lipinski definition) is 1. The number of ether oxygens (including phenoxy) is 2. The molecule has 1 aromatic carbocycles. The zero-order valence-corrected chi connectivity index (χ0v) is 17.2. The topological polar surface area (TPSA) is 76.9 Å². The number of hydrogen-bond acceptors (Lipinski definition) is 6. The fourth-order valence-corrected chi connectivity index (χ4v) is 4.13. The first-order valence-corrected chi connectivity index (χ1v) is 9.81. The summed E-state index contributed by atoms with van der Waals surface area (Å²) in [7, 11) is 3.05. The molecule has 3 heterocycles. The predicted octanol–water partition coefficient (Wildman–Crippen LogP) is 3.14. The highest BCUT2D eigenvalue weighted by atomic mass is 35.5. The van der Waals surface area contributed by atoms with Gasteiger partial charge in [0.15, 0.2) is 10.0 Å². The van der Waals surface area contributed by atoms with Crippen LogP contribution >= 0.6 is 22.9 Å². The van der Waals surface area contributed by atoms with Gasteiger partial charge in [0.1, 0.15) is 18.0 Å². The molecule has 3 aromatic heterocycles. The van der Waals surface area contributed by atoms with Gasteiger partial charge in [0, 0.05) is 23.9 Å². The predicted molar refractivity (Wildman–Crippen MR) is 110 cm³/mol. The van der Waals surface area contributed by atoms with Gasteiger partial charge < -0.3 is 14.6 Å². The van der Waals surface area contributed by atoms with E-state index in [2.05, 4.69) is 4.98 Å². The molecule has 0 bridgehead atoms. The molecule has 0 fully saturated rings. The third-order valence-corrected chi connectivity index (χ3v) is 5.61. The lowest BCUT2D eigenvalue weighted by molar-refractivity contribution is -0.671. The second kappa shape index (κ2) is 7.73. The first kappa shape index (κ1) is 19.2. The summed E-state index contributed by atoms with van der Waals surface area (Å²) in [5.41, 5.74) is 0.810. The number of fused-ring (bicyclic) bond motifs is 1. The lowest BCUT2D eigenvalue weighted by Gasteiger charge is -2.11. The number of thiazole rings is 1. The number of rotatable bonds is 5. The van der Waals surface area contributed by atoms with Gasteiger partial charge >= 0.3 is 5.56 Å². The molecule has 7 nitrogen and oxygen atoms in total. The van der Waals surface area contributed by atoms with Crippen LogP contribution in [-0.4, -0.2) is 28.7 Å². The van der Waals surface area contributed by atoms with Crippen LogP contribution in [0.15, 0.2) is 53.6 Å². The van der Waals surface area contributed by atoms with Crippen LogP contribution in [0.25, 0.3) is 16.8 Å². The Morgan fingerprint density at radius 2 is 1.93 bits per heavy atom. The molecule has 0 amide bonds. The van der Waals surface area contributed by atoms with Crippen LogP contribution < -0.4 is 19.6 Å². The molecule has 0 saturated heterocycles. The van der Waals surface area contributed by atoms with Crippen molar-refractivity contribution < 1.29 is 19.1 Å². The van der Waals surface area contributed by atoms with Crippen molar-refractivity contribution in [3.63, 3.8) is 0 Å². The van der Waals surface area contributed by atoms with Crippen LogP contribution in [0.1, 0.15) is 4.88 Å². The van der Waals surface area contributed by atoms with E-state index in [1.165, 1.54) is 30.0 Å². The molecule has 0 unspecified atom stereocenters. The van der Waals surface area contributed by atoms with Gasteiger partial charge in [-0.1, -0.05) is 17.7 Å². The zero-order chi connectivity index (χ0) is 20.5. The van der Waals surface area contributed by atoms with Gasteiger partial charge in [-0.3, -0.25) is 0 Å². The summed E-state index contributed by atoms with van der Waals surface area (Å²) < 4.78 is 14.2. The van der Waals surface area contributed by atoms with Crippen LogP contribution in [0.2, 0.25) is 4.47 Å². The van der Waals surface area contributed by atoms with Crippen molar-refractivity contribution in [2.75, 3.05) is 14.2 Å². The van der Waals surface area contributed by atoms with E-state index in [9.17, 15) is 9.90 Å². The van der Waals surface area contributed by atoms with Crippen LogP contribution in [0, 0.1) is 0 Å². The average molecular weight is 431 g/mol. The number of methoxy groups -OCH3 is 2. The standard InChI is InChI=1S/C20H16ClN3O4S/c1-27-13-7-12(8-14(9-13)28-2)17-18(25)23-6-4-3-5-16(23)24(19(17)26)11-15-10-22-20(21)29-15/h3-10H,11H2,1-2H3/p+1. The summed E-state index contributed by atoms with van der Waals surface area (Å²) >= 11 is 7.27. The number of aromatic hydroxyl groups is 1. The maximum Gasteiger partial charge on any atom is 0.354 e. The summed E-state index contributed by atoms with van der Waals surface area (Å²) in [6.45, 7) is 0.304. The van der Waals surface area contributed by atoms with Gasteiger partial charge in [-0.25, -0.2) is 9.78 Å². The van der Waals surface area contributed by atoms with Crippen molar-refractivity contribution in [1.29, 1.82) is 0 Å². The number of halogens is 1. The third kappa shape index (κ3) is 3.52. The van der Waals surface area contributed by atoms with Gasteiger partial charge in [-0.15, -0.1) is 11.3 Å². The number of benzene rings is 1. The van der Waals surface area contributed by atoms with Crippen LogP contribution in [0.5, 0.6) is 17.4 Å². The van der Waals surface area contributed by atoms with Gasteiger partial charge in [-0.05, 0) is 18.2 Å². The first-order valence-electron chi connectivity index (χ1n) is 8.61. The summed E-state index contributed by atoms with van der Waals surface area (Å²) in [5.74, 6) is 0.857. The lowest BCUT2D eigenvalue weighted by Crippen LogP contribution is -2.41. The van der Waals surface area contributed by atoms with Crippen LogP contribution in [-0.2, 0) is 6.54 Å². The SMILES string of the molecule is COc1cc(OC)cc(-c2c(O)[n+](Cc3cnc(Cl)s3)c3ccccn3c2=O)c1. The van der Waals surface area contributed by atoms with Crippen molar-refractivity contribution in [3.8, 4) is 28.5 Å². The lowest BCUT2D eigenvalue weighted by atomic mass is 10.1. The Hall–Kier alpha value is -3.10. The van der Waals surface area contributed by atoms with E-state index in [1.807, 2.05) is 0 Å². The Kier molecular flexibility index (Phi) is 5.12. The molecule has 0 aliphatic carbocycles. The van der Waals surface area contributed by atoms with Gasteiger partial charge in [-0.2, -0.15) is 8.97 Å². The van der Waals surface area contributed by atoms with E-state index in [1.54, 1.807) is 53.4 Å². The molecular formula is C20H17ClN3O4S+. The summed E-state index contributed by atoms with van der Waals surface area (Å²) in [4.78, 5) is 18.1. The number of pyridine rings is 1. The highest BCUT2D eigenvalue weighted by Gasteiger charge is 2.26. The van der Waals surface area contributed by atoms with E-state index in [-0.39, 0.29) is 17.0 Å². The Labute approximate surface area is 175 Å². The molecule has 0 aliphatic rings. The molecule has 1 N–H and O–H groups in total. The molecule has 4 rings (SSSR count). The number of aromatic nitrogens is 3. The molecule has 0 aliphatic heterocycles. The fourth-order valence-electron chi connectivity index (χ4n) is 3.16. The molecule has 148 valence electrons. The Morgan fingerprint density at radius 1 is 1.21 bits per heavy atom. The maximum absolute atomic E-state index is 13.2. The van der Waals surface area contributed by atoms with Crippen molar-refractivity contribution in [1.82, 2.24) is 9.38 Å². The third-order valence-electron chi connectivity index (χ3n) is 4.51. The Morgan fingerprint density at radius 3 is 2.55 bits per heavy atom. The minimum absolute atomic E-state index is 0.140. The highest BCUT2D eigenvalue weighted by Crippen LogP contribution is 2.31. The summed E-state index contributed by atoms with van der Waals surface area (Å²) in [6, 6.07) is 10.4. The second-order valence-electron chi connectivity index (χ2n) is 6.20. The molecule has 0 atom stereocenters. The van der Waals surface area contributed by atoms with E-state index in [0.29, 0.717) is 33.7 Å². The molecule has 0 spiro atoms. The van der Waals surface area contributed by atoms with E-state index in [0.717, 1.165) is 4.88 Å². The second-order valence-corrected chi connectivity index (χ2v) is 7.90. The van der Waals surface area contributed by atoms with Crippen molar-refractivity contribution in [2.24, 2.45) is 0 Å². The normalized spacial score (nSPS) is 11.0. The van der Waals surface area contributed by atoms with Crippen molar-refractivity contribution in [2.45, 2.75) is 6.54 Å². The fraction of sp³-hybridized carbons (Fsp3) is 0.150. The van der Waals surface area contributed by atoms with Gasteiger partial charge in [0.2, 0.25) is 0 Å². The Bertz CT molecular complexity index is 1250. The quantitative estimate of drug-likeness (QED) is 0.492. The monoisotopic (exact) mass is 430 g/mol. The van der Waals surface area contributed by atoms with E-state index in [4.69, 9.17) is 21.1 Å². The van der Waals surface area contributed by atoms with Crippen molar-refractivity contribution >= 4 is 28.6 Å². The summed E-state index contributed by atoms with van der Waals surface area (Å²) in [5, 5.41) is 11.1. The van der Waals surface area contributed by atoms with Gasteiger partial charge in [0.05, 0.1) is 25.3 Å². The minimum atomic E-state index is -0.355. The molecule has 0 radical (unpaired) electrons. The molecule has 9 heteroatoms. The zero-order valence-electron chi connectivity index (χ0n) is 15.6. The molecule has 29 heavy (non-hydrogen) atoms. The number of nitrogens with zero attached hydrogens (tertiary/aromatic N) is 3. The van der Waals surface area contributed by atoms with Crippen LogP contribution in [0.3, 0.4) is 0 Å². The van der Waals surface area contributed by atoms with Gasteiger partial charge in [0.25, 0.3) is 11.5 Å². The smallest absolute Gasteiger partial charge is 0.354 e. The van der Waals surface area contributed by atoms with Crippen molar-refractivity contribution in [3.05, 3.63) is 68.5 Å². The molecule has 0 saturated carbocycles. The molecule has 4 aromatic rings. The largest absolute Gasteiger partial charge is 0.497 e. The first-order chi connectivity index (χ1) is 14.0. The summed E-state index contributed by atoms with van der Waals surface area (Å²) in [6.07, 6.45) is 3.31. The van der Waals surface area contributed by atoms with E-state index >= 15 is 0 Å². The maximum atomic E-state index is 13.2.